The van der Waals surface area contributed by atoms with Crippen molar-refractivity contribution in [1.29, 1.82) is 0 Å². The molecule has 140 valence electrons. The summed E-state index contributed by atoms with van der Waals surface area (Å²) in [5.41, 5.74) is 1.98. The molecule has 0 radical (unpaired) electrons. The van der Waals surface area contributed by atoms with Crippen molar-refractivity contribution in [3.8, 4) is 20.9 Å². The van der Waals surface area contributed by atoms with Crippen molar-refractivity contribution in [2.24, 2.45) is 0 Å². The lowest BCUT2D eigenvalue weighted by Gasteiger charge is -1.84. The monoisotopic (exact) mass is 392 g/mol. The van der Waals surface area contributed by atoms with Crippen LogP contribution in [0.5, 0.6) is 0 Å². The summed E-state index contributed by atoms with van der Waals surface area (Å²) in [4.78, 5) is 2.29. The third-order valence-electron chi connectivity index (χ3n) is 2.91. The van der Waals surface area contributed by atoms with Gasteiger partial charge in [-0.15, -0.1) is 22.7 Å². The Kier molecular flexibility index (Phi) is 10.4. The lowest BCUT2D eigenvalue weighted by molar-refractivity contribution is 0.359. The van der Waals surface area contributed by atoms with Crippen LogP contribution in [0, 0.1) is 12.9 Å². The highest BCUT2D eigenvalue weighted by molar-refractivity contribution is 7.13. The second-order valence-corrected chi connectivity index (χ2v) is 6.44. The maximum atomic E-state index is 12.4. The average molecular weight is 393 g/mol. The molecule has 4 aromatic heterocycles. The van der Waals surface area contributed by atoms with E-state index in [1.54, 1.807) is 28.9 Å². The smallest absolute Gasteiger partial charge is 0.278 e. The summed E-state index contributed by atoms with van der Waals surface area (Å²) < 4.78 is 22.1. The molecule has 0 N–H and O–H groups in total. The van der Waals surface area contributed by atoms with Gasteiger partial charge in [-0.2, -0.15) is 4.39 Å². The van der Waals surface area contributed by atoms with Crippen LogP contribution in [0.3, 0.4) is 0 Å². The first-order valence-corrected chi connectivity index (χ1v) is 10.4. The van der Waals surface area contributed by atoms with Crippen LogP contribution >= 0.6 is 22.7 Å². The summed E-state index contributed by atoms with van der Waals surface area (Å²) in [7, 11) is 0. The molecule has 4 rings (SSSR count). The van der Waals surface area contributed by atoms with E-state index in [-0.39, 0.29) is 0 Å². The van der Waals surface area contributed by atoms with E-state index in [2.05, 4.69) is 15.9 Å². The van der Waals surface area contributed by atoms with Crippen LogP contribution in [0.2, 0.25) is 0 Å². The highest BCUT2D eigenvalue weighted by atomic mass is 32.1. The first-order valence-electron chi connectivity index (χ1n) is 8.59. The van der Waals surface area contributed by atoms with Gasteiger partial charge in [0.15, 0.2) is 0 Å². The Morgan fingerprint density at radius 2 is 1.27 bits per heavy atom. The fourth-order valence-corrected chi connectivity index (χ4v) is 3.31. The molecule has 5 heteroatoms. The van der Waals surface area contributed by atoms with Crippen LogP contribution in [0.25, 0.3) is 20.9 Å². The minimum Gasteiger partial charge on any atom is -0.469 e. The Balaban J connectivity index is 0.000000219. The van der Waals surface area contributed by atoms with Crippen LogP contribution in [0.1, 0.15) is 33.5 Å². The zero-order chi connectivity index (χ0) is 19.4. The standard InChI is InChI=1S/C9H8OS.C8H5FOS.2C2H6/c1-7-5-8(6-10-7)9-3-2-4-11-9;9-8-4-6(5-10-8)7-2-1-3-11-7;2*1-2/h2-6H,1H3;1-5H;2*1-2H3. The quantitative estimate of drug-likeness (QED) is 0.342. The van der Waals surface area contributed by atoms with E-state index in [4.69, 9.17) is 4.42 Å². The van der Waals surface area contributed by atoms with Crippen molar-refractivity contribution in [1.82, 2.24) is 0 Å². The zero-order valence-electron chi connectivity index (χ0n) is 15.8. The fraction of sp³-hybridized carbons (Fsp3) is 0.238. The van der Waals surface area contributed by atoms with Gasteiger partial charge in [0.2, 0.25) is 0 Å². The first kappa shape index (κ1) is 21.9. The zero-order valence-corrected chi connectivity index (χ0v) is 17.4. The molecule has 4 aromatic rings. The van der Waals surface area contributed by atoms with E-state index < -0.39 is 6.01 Å². The minimum absolute atomic E-state index is 0.534. The van der Waals surface area contributed by atoms with Crippen LogP contribution in [-0.4, -0.2) is 0 Å². The summed E-state index contributed by atoms with van der Waals surface area (Å²) in [6.07, 6.45) is 3.21. The van der Waals surface area contributed by atoms with Gasteiger partial charge in [-0.1, -0.05) is 39.8 Å². The summed E-state index contributed by atoms with van der Waals surface area (Å²) in [5.74, 6) is 0.966. The molecule has 0 amide bonds. The van der Waals surface area contributed by atoms with E-state index in [9.17, 15) is 4.39 Å². The highest BCUT2D eigenvalue weighted by Gasteiger charge is 2.02. The van der Waals surface area contributed by atoms with Gasteiger partial charge in [0.25, 0.3) is 6.01 Å². The van der Waals surface area contributed by atoms with Gasteiger partial charge in [-0.25, -0.2) is 0 Å². The predicted molar refractivity (Wildman–Crippen MR) is 111 cm³/mol. The maximum absolute atomic E-state index is 12.4. The summed E-state index contributed by atoms with van der Waals surface area (Å²) in [6, 6.07) is 10.9. The van der Waals surface area contributed by atoms with E-state index in [0.717, 1.165) is 16.2 Å². The molecule has 0 saturated carbocycles. The number of hydrogen-bond donors (Lipinski definition) is 0. The molecular weight excluding hydrogens is 367 g/mol. The van der Waals surface area contributed by atoms with E-state index in [0.29, 0.717) is 0 Å². The van der Waals surface area contributed by atoms with Crippen molar-refractivity contribution in [3.63, 3.8) is 0 Å². The van der Waals surface area contributed by atoms with E-state index in [1.165, 1.54) is 22.8 Å². The molecular formula is C21H25FO2S2. The number of aryl methyl sites for hydroxylation is 1. The molecule has 0 unspecified atom stereocenters. The molecule has 0 aliphatic heterocycles. The molecule has 0 atom stereocenters. The van der Waals surface area contributed by atoms with E-state index >= 15 is 0 Å². The molecule has 0 aliphatic carbocycles. The largest absolute Gasteiger partial charge is 0.469 e. The van der Waals surface area contributed by atoms with Crippen molar-refractivity contribution < 1.29 is 13.2 Å². The van der Waals surface area contributed by atoms with Crippen LogP contribution in [0.15, 0.2) is 68.5 Å². The van der Waals surface area contributed by atoms with Crippen molar-refractivity contribution >= 4 is 22.7 Å². The van der Waals surface area contributed by atoms with Crippen LogP contribution in [0.4, 0.5) is 4.39 Å². The Morgan fingerprint density at radius 3 is 1.62 bits per heavy atom. The van der Waals surface area contributed by atoms with Crippen molar-refractivity contribution in [2.75, 3.05) is 0 Å². The summed E-state index contributed by atoms with van der Waals surface area (Å²) >= 11 is 3.29. The van der Waals surface area contributed by atoms with E-state index in [1.807, 2.05) is 64.3 Å². The second-order valence-electron chi connectivity index (χ2n) is 4.54. The number of halogens is 1. The third-order valence-corrected chi connectivity index (χ3v) is 4.75. The Bertz CT molecular complexity index is 742. The van der Waals surface area contributed by atoms with Gasteiger partial charge in [0, 0.05) is 26.9 Å². The molecule has 0 fully saturated rings. The first-order chi connectivity index (χ1) is 12.7. The molecule has 0 aromatic carbocycles. The fourth-order valence-electron chi connectivity index (χ4n) is 1.90. The molecule has 0 aliphatic rings. The van der Waals surface area contributed by atoms with Gasteiger partial charge in [0.05, 0.1) is 6.26 Å². The SMILES string of the molecule is CC.CC.Cc1cc(-c2cccs2)co1.Fc1cc(-c2cccs2)co1. The lowest BCUT2D eigenvalue weighted by atomic mass is 10.3. The second kappa shape index (κ2) is 12.3. The number of furan rings is 2. The van der Waals surface area contributed by atoms with Gasteiger partial charge >= 0.3 is 0 Å². The Morgan fingerprint density at radius 1 is 0.769 bits per heavy atom. The van der Waals surface area contributed by atoms with Crippen molar-refractivity contribution in [3.05, 3.63) is 71.5 Å². The average Bonchev–Trinajstić information content (AvgIpc) is 3.46. The van der Waals surface area contributed by atoms with Gasteiger partial charge < -0.3 is 8.83 Å². The minimum atomic E-state index is -0.534. The lowest BCUT2D eigenvalue weighted by Crippen LogP contribution is -1.60. The van der Waals surface area contributed by atoms with Gasteiger partial charge in [0.1, 0.15) is 12.0 Å². The molecule has 4 heterocycles. The summed E-state index contributed by atoms with van der Waals surface area (Å²) in [5, 5.41) is 4.01. The predicted octanol–water partition coefficient (Wildman–Crippen LogP) is 8.52. The van der Waals surface area contributed by atoms with Crippen LogP contribution in [-0.2, 0) is 0 Å². The molecule has 26 heavy (non-hydrogen) atoms. The Labute approximate surface area is 162 Å². The summed E-state index contributed by atoms with van der Waals surface area (Å²) in [6.45, 7) is 9.96. The Hall–Kier alpha value is -2.11. The maximum Gasteiger partial charge on any atom is 0.278 e. The number of thiophene rings is 2. The third kappa shape index (κ3) is 6.65. The van der Waals surface area contributed by atoms with Crippen LogP contribution < -0.4 is 0 Å². The molecule has 0 bridgehead atoms. The normalized spacial score (nSPS) is 9.15. The molecule has 2 nitrogen and oxygen atoms in total. The van der Waals surface area contributed by atoms with Gasteiger partial charge in [-0.3, -0.25) is 0 Å². The number of hydrogen-bond acceptors (Lipinski definition) is 4. The highest BCUT2D eigenvalue weighted by Crippen LogP contribution is 2.26. The molecule has 0 saturated heterocycles. The van der Waals surface area contributed by atoms with Crippen molar-refractivity contribution in [2.45, 2.75) is 34.6 Å². The number of rotatable bonds is 2. The molecule has 0 spiro atoms. The van der Waals surface area contributed by atoms with Gasteiger partial charge in [-0.05, 0) is 35.9 Å². The topological polar surface area (TPSA) is 26.3 Å².